The van der Waals surface area contributed by atoms with Gasteiger partial charge < -0.3 is 0 Å². The Hall–Kier alpha value is -1.89. The van der Waals surface area contributed by atoms with Crippen LogP contribution < -0.4 is 0 Å². The van der Waals surface area contributed by atoms with Crippen LogP contribution in [-0.4, -0.2) is 12.3 Å². The number of aryl methyl sites for hydroxylation is 4. The zero-order valence-electron chi connectivity index (χ0n) is 15.9. The van der Waals surface area contributed by atoms with E-state index in [1.807, 2.05) is 0 Å². The molecule has 24 heavy (non-hydrogen) atoms. The Morgan fingerprint density at radius 3 is 2.46 bits per heavy atom. The predicted octanol–water partition coefficient (Wildman–Crippen LogP) is 5.87. The highest BCUT2D eigenvalue weighted by Crippen LogP contribution is 2.21. The molecule has 0 saturated carbocycles. The summed E-state index contributed by atoms with van der Waals surface area (Å²) in [5.74, 6) is 0. The fraction of sp³-hybridized carbons (Fsp3) is 0.435. The van der Waals surface area contributed by atoms with Gasteiger partial charge >= 0.3 is 0 Å². The Bertz CT molecular complexity index is 710. The third kappa shape index (κ3) is 4.56. The molecular weight excluding hydrogens is 290 g/mol. The van der Waals surface area contributed by atoms with E-state index in [4.69, 9.17) is 4.99 Å². The van der Waals surface area contributed by atoms with Crippen molar-refractivity contribution in [2.75, 3.05) is 6.54 Å². The third-order valence-corrected chi connectivity index (χ3v) is 4.76. The van der Waals surface area contributed by atoms with Crippen molar-refractivity contribution in [3.63, 3.8) is 0 Å². The number of hydrogen-bond donors (Lipinski definition) is 0. The number of nitrogens with zero attached hydrogens (tertiary/aromatic N) is 1. The van der Waals surface area contributed by atoms with E-state index >= 15 is 0 Å². The zero-order chi connectivity index (χ0) is 17.5. The molecule has 0 fully saturated rings. The Kier molecular flexibility index (Phi) is 6.78. The molecule has 0 saturated heterocycles. The van der Waals surface area contributed by atoms with Gasteiger partial charge in [-0.05, 0) is 74.3 Å². The molecule has 2 aromatic rings. The van der Waals surface area contributed by atoms with Gasteiger partial charge in [-0.15, -0.1) is 0 Å². The van der Waals surface area contributed by atoms with Crippen LogP contribution in [0.2, 0.25) is 0 Å². The Morgan fingerprint density at radius 2 is 1.75 bits per heavy atom. The summed E-state index contributed by atoms with van der Waals surface area (Å²) in [6.07, 6.45) is 4.38. The fourth-order valence-electron chi connectivity index (χ4n) is 3.33. The molecule has 2 rings (SSSR count). The van der Waals surface area contributed by atoms with E-state index < -0.39 is 0 Å². The van der Waals surface area contributed by atoms with Crippen molar-refractivity contribution in [3.8, 4) is 0 Å². The first kappa shape index (κ1) is 18.4. The predicted molar refractivity (Wildman–Crippen MR) is 107 cm³/mol. The van der Waals surface area contributed by atoms with Gasteiger partial charge in [-0.25, -0.2) is 0 Å². The second kappa shape index (κ2) is 8.82. The largest absolute Gasteiger partial charge is 0.289 e. The quantitative estimate of drug-likeness (QED) is 0.565. The van der Waals surface area contributed by atoms with E-state index in [1.54, 1.807) is 0 Å². The average molecular weight is 322 g/mol. The van der Waals surface area contributed by atoms with Crippen molar-refractivity contribution in [3.05, 3.63) is 69.8 Å². The molecule has 0 aliphatic heterocycles. The molecule has 0 unspecified atom stereocenters. The lowest BCUT2D eigenvalue weighted by molar-refractivity contribution is 0.912. The molecule has 0 heterocycles. The van der Waals surface area contributed by atoms with Crippen LogP contribution in [-0.2, 0) is 19.3 Å². The molecule has 0 N–H and O–H groups in total. The van der Waals surface area contributed by atoms with Gasteiger partial charge in [0.2, 0.25) is 0 Å². The number of benzene rings is 2. The van der Waals surface area contributed by atoms with E-state index in [0.29, 0.717) is 0 Å². The average Bonchev–Trinajstić information content (AvgIpc) is 2.58. The highest BCUT2D eigenvalue weighted by atomic mass is 14.7. The number of hydrogen-bond acceptors (Lipinski definition) is 1. The van der Waals surface area contributed by atoms with Gasteiger partial charge in [0.05, 0.1) is 0 Å². The number of aliphatic imine (C=N–C) groups is 1. The Labute approximate surface area is 147 Å². The summed E-state index contributed by atoms with van der Waals surface area (Å²) in [6, 6.07) is 13.5. The second-order valence-electron chi connectivity index (χ2n) is 6.69. The highest BCUT2D eigenvalue weighted by Gasteiger charge is 2.10. The maximum Gasteiger partial charge on any atom is 0.0392 e. The van der Waals surface area contributed by atoms with E-state index in [2.05, 4.69) is 71.0 Å². The van der Waals surface area contributed by atoms with Gasteiger partial charge in [-0.2, -0.15) is 0 Å². The van der Waals surface area contributed by atoms with Crippen molar-refractivity contribution >= 4 is 5.71 Å². The maximum absolute atomic E-state index is 4.73. The Balaban J connectivity index is 2.29. The standard InChI is InChI=1S/C23H31N/c1-6-15-24-19(5)23-10-8-9-18(4)22(23)14-13-21-16-17(3)11-12-20(21)7-2/h8-12,16H,6-7,13-15H2,1-5H3. The highest BCUT2D eigenvalue weighted by molar-refractivity contribution is 6.00. The minimum atomic E-state index is 0.914. The topological polar surface area (TPSA) is 12.4 Å². The van der Waals surface area contributed by atoms with Crippen LogP contribution in [0.4, 0.5) is 0 Å². The second-order valence-corrected chi connectivity index (χ2v) is 6.69. The lowest BCUT2D eigenvalue weighted by Gasteiger charge is -2.15. The molecule has 0 atom stereocenters. The molecule has 128 valence electrons. The molecule has 2 aromatic carbocycles. The van der Waals surface area contributed by atoms with E-state index in [1.165, 1.54) is 39.1 Å². The molecule has 0 bridgehead atoms. The summed E-state index contributed by atoms with van der Waals surface area (Å²) in [6.45, 7) is 11.9. The van der Waals surface area contributed by atoms with Gasteiger partial charge in [0, 0.05) is 12.3 Å². The van der Waals surface area contributed by atoms with Crippen LogP contribution in [0, 0.1) is 13.8 Å². The van der Waals surface area contributed by atoms with Crippen LogP contribution in [0.25, 0.3) is 0 Å². The molecule has 0 aliphatic carbocycles. The minimum Gasteiger partial charge on any atom is -0.289 e. The summed E-state index contributed by atoms with van der Waals surface area (Å²) in [4.78, 5) is 4.73. The van der Waals surface area contributed by atoms with Crippen molar-refractivity contribution < 1.29 is 0 Å². The normalized spacial score (nSPS) is 11.8. The van der Waals surface area contributed by atoms with Crippen LogP contribution >= 0.6 is 0 Å². The molecule has 0 spiro atoms. The summed E-state index contributed by atoms with van der Waals surface area (Å²) >= 11 is 0. The van der Waals surface area contributed by atoms with Crippen LogP contribution in [0.1, 0.15) is 60.6 Å². The van der Waals surface area contributed by atoms with Crippen molar-refractivity contribution in [2.24, 2.45) is 4.99 Å². The maximum atomic E-state index is 4.73. The SMILES string of the molecule is CCCN=C(C)c1cccc(C)c1CCc1cc(C)ccc1CC. The van der Waals surface area contributed by atoms with Gasteiger partial charge in [-0.3, -0.25) is 4.99 Å². The van der Waals surface area contributed by atoms with E-state index in [0.717, 1.165) is 32.2 Å². The number of rotatable bonds is 7. The van der Waals surface area contributed by atoms with Crippen molar-refractivity contribution in [1.29, 1.82) is 0 Å². The fourth-order valence-corrected chi connectivity index (χ4v) is 3.33. The van der Waals surface area contributed by atoms with Crippen molar-refractivity contribution in [1.82, 2.24) is 0 Å². The molecular formula is C23H31N. The first-order valence-electron chi connectivity index (χ1n) is 9.25. The molecule has 0 radical (unpaired) electrons. The van der Waals surface area contributed by atoms with Gasteiger partial charge in [0.25, 0.3) is 0 Å². The summed E-state index contributed by atoms with van der Waals surface area (Å²) in [7, 11) is 0. The van der Waals surface area contributed by atoms with Crippen LogP contribution in [0.15, 0.2) is 41.4 Å². The zero-order valence-corrected chi connectivity index (χ0v) is 15.9. The Morgan fingerprint density at radius 1 is 0.958 bits per heavy atom. The third-order valence-electron chi connectivity index (χ3n) is 4.76. The summed E-state index contributed by atoms with van der Waals surface area (Å²) < 4.78 is 0. The van der Waals surface area contributed by atoms with E-state index in [-0.39, 0.29) is 0 Å². The summed E-state index contributed by atoms with van der Waals surface area (Å²) in [5.41, 5.74) is 9.67. The van der Waals surface area contributed by atoms with Gasteiger partial charge in [0.15, 0.2) is 0 Å². The van der Waals surface area contributed by atoms with Crippen LogP contribution in [0.5, 0.6) is 0 Å². The molecule has 0 aliphatic rings. The van der Waals surface area contributed by atoms with Gasteiger partial charge in [-0.1, -0.05) is 55.8 Å². The molecule has 0 amide bonds. The van der Waals surface area contributed by atoms with E-state index in [9.17, 15) is 0 Å². The summed E-state index contributed by atoms with van der Waals surface area (Å²) in [5, 5.41) is 0. The molecule has 1 heteroatoms. The van der Waals surface area contributed by atoms with Crippen molar-refractivity contribution in [2.45, 2.75) is 60.3 Å². The first-order chi connectivity index (χ1) is 11.6. The van der Waals surface area contributed by atoms with Crippen LogP contribution in [0.3, 0.4) is 0 Å². The first-order valence-corrected chi connectivity index (χ1v) is 9.25. The smallest absolute Gasteiger partial charge is 0.0392 e. The lowest BCUT2D eigenvalue weighted by atomic mass is 9.91. The minimum absolute atomic E-state index is 0.914. The monoisotopic (exact) mass is 321 g/mol. The molecule has 0 aromatic heterocycles. The van der Waals surface area contributed by atoms with Gasteiger partial charge in [0.1, 0.15) is 0 Å². The molecule has 1 nitrogen and oxygen atoms in total. The lowest BCUT2D eigenvalue weighted by Crippen LogP contribution is -2.06.